The van der Waals surface area contributed by atoms with Crippen molar-refractivity contribution in [2.75, 3.05) is 7.11 Å². The maximum absolute atomic E-state index is 12.4. The van der Waals surface area contributed by atoms with E-state index >= 15 is 0 Å². The van der Waals surface area contributed by atoms with Gasteiger partial charge < -0.3 is 4.74 Å². The van der Waals surface area contributed by atoms with Gasteiger partial charge in [0.25, 0.3) is 0 Å². The van der Waals surface area contributed by atoms with Gasteiger partial charge in [-0.25, -0.2) is 4.79 Å². The summed E-state index contributed by atoms with van der Waals surface area (Å²) in [5, 5.41) is 3.23. The summed E-state index contributed by atoms with van der Waals surface area (Å²) < 4.78 is 41.7. The van der Waals surface area contributed by atoms with E-state index < -0.39 is 12.3 Å². The topological polar surface area (TPSA) is 44.1 Å². The van der Waals surface area contributed by atoms with Crippen molar-refractivity contribution >= 4 is 5.97 Å². The summed E-state index contributed by atoms with van der Waals surface area (Å²) in [7, 11) is 1.23. The van der Waals surface area contributed by atoms with Crippen molar-refractivity contribution in [1.82, 2.24) is 9.78 Å². The van der Waals surface area contributed by atoms with Gasteiger partial charge in [-0.2, -0.15) is 9.78 Å². The zero-order chi connectivity index (χ0) is 14.0. The van der Waals surface area contributed by atoms with Crippen LogP contribution in [-0.2, 0) is 11.0 Å². The number of nitrogens with zero attached hydrogens (tertiary/aromatic N) is 2. The molecule has 0 aliphatic heterocycles. The van der Waals surface area contributed by atoms with Gasteiger partial charge in [-0.05, 0) is 17.7 Å². The minimum absolute atomic E-state index is 0.0901. The van der Waals surface area contributed by atoms with Crippen LogP contribution in [0.15, 0.2) is 36.7 Å². The van der Waals surface area contributed by atoms with Gasteiger partial charge in [0, 0.05) is 11.8 Å². The van der Waals surface area contributed by atoms with Gasteiger partial charge in [0.2, 0.25) is 0 Å². The van der Waals surface area contributed by atoms with Crippen molar-refractivity contribution in [2.45, 2.75) is 6.30 Å². The Morgan fingerprint density at radius 1 is 1.32 bits per heavy atom. The highest BCUT2D eigenvalue weighted by Crippen LogP contribution is 2.26. The summed E-state index contributed by atoms with van der Waals surface area (Å²) in [4.78, 5) is 11.3. The number of benzene rings is 1. The molecule has 0 aliphatic rings. The van der Waals surface area contributed by atoms with Gasteiger partial charge in [-0.3, -0.25) is 0 Å². The zero-order valence-corrected chi connectivity index (χ0v) is 9.81. The second kappa shape index (κ2) is 4.75. The third-order valence-electron chi connectivity index (χ3n) is 2.46. The highest BCUT2D eigenvalue weighted by Gasteiger charge is 2.31. The van der Waals surface area contributed by atoms with E-state index in [-0.39, 0.29) is 15.8 Å². The number of hydrogen-bond acceptors (Lipinski definition) is 3. The highest BCUT2D eigenvalue weighted by atomic mass is 19.4. The van der Waals surface area contributed by atoms with Crippen molar-refractivity contribution in [2.24, 2.45) is 0 Å². The average Bonchev–Trinajstić information content (AvgIpc) is 2.87. The molecule has 0 unspecified atom stereocenters. The second-order valence-corrected chi connectivity index (χ2v) is 3.71. The molecule has 0 spiro atoms. The minimum Gasteiger partial charge on any atom is -0.465 e. The van der Waals surface area contributed by atoms with E-state index in [1.165, 1.54) is 19.2 Å². The van der Waals surface area contributed by atoms with Crippen molar-refractivity contribution in [3.8, 4) is 11.1 Å². The second-order valence-electron chi connectivity index (χ2n) is 3.71. The Hall–Kier alpha value is -2.31. The molecule has 2 aromatic rings. The molecule has 0 amide bonds. The fraction of sp³-hybridized carbons (Fsp3) is 0.167. The molecule has 0 radical (unpaired) electrons. The van der Waals surface area contributed by atoms with Crippen LogP contribution in [0, 0.1) is 0 Å². The molecule has 1 heterocycles. The number of hydrogen-bond donors (Lipinski definition) is 0. The largest absolute Gasteiger partial charge is 0.504 e. The van der Waals surface area contributed by atoms with Crippen molar-refractivity contribution in [3.63, 3.8) is 0 Å². The standard InChI is InChI=1S/C12H9F3N2O2/c1-19-11(18)9-4-2-3-8(5-9)10-6-16-17(7-10)12(13,14)15/h2-7H,1H3. The first-order valence-corrected chi connectivity index (χ1v) is 5.22. The molecule has 7 heteroatoms. The molecule has 0 aliphatic carbocycles. The Labute approximate surface area is 106 Å². The molecule has 0 fully saturated rings. The lowest BCUT2D eigenvalue weighted by atomic mass is 10.1. The summed E-state index contributed by atoms with van der Waals surface area (Å²) in [5.41, 5.74) is 0.987. The quantitative estimate of drug-likeness (QED) is 0.788. The first-order chi connectivity index (χ1) is 8.91. The number of ether oxygens (including phenoxy) is 1. The number of alkyl halides is 3. The van der Waals surface area contributed by atoms with E-state index in [1.807, 2.05) is 0 Å². The zero-order valence-electron chi connectivity index (χ0n) is 9.81. The van der Waals surface area contributed by atoms with E-state index in [4.69, 9.17) is 0 Å². The van der Waals surface area contributed by atoms with Crippen molar-refractivity contribution in [3.05, 3.63) is 42.2 Å². The Bertz CT molecular complexity index is 605. The maximum Gasteiger partial charge on any atom is 0.504 e. The Balaban J connectivity index is 2.37. The van der Waals surface area contributed by atoms with Crippen LogP contribution in [0.4, 0.5) is 13.2 Å². The van der Waals surface area contributed by atoms with Crippen molar-refractivity contribution in [1.29, 1.82) is 0 Å². The third-order valence-corrected chi connectivity index (χ3v) is 2.46. The molecule has 100 valence electrons. The van der Waals surface area contributed by atoms with Crippen LogP contribution in [0.3, 0.4) is 0 Å². The van der Waals surface area contributed by atoms with E-state index in [0.717, 1.165) is 12.4 Å². The fourth-order valence-electron chi connectivity index (χ4n) is 1.55. The molecule has 0 bridgehead atoms. The Morgan fingerprint density at radius 2 is 2.05 bits per heavy atom. The normalized spacial score (nSPS) is 11.4. The smallest absolute Gasteiger partial charge is 0.465 e. The first kappa shape index (κ1) is 13.1. The number of rotatable bonds is 2. The molecule has 1 aromatic carbocycles. The Morgan fingerprint density at radius 3 is 2.63 bits per heavy atom. The summed E-state index contributed by atoms with van der Waals surface area (Å²) in [6.07, 6.45) is -2.61. The molecular weight excluding hydrogens is 261 g/mol. The fourth-order valence-corrected chi connectivity index (χ4v) is 1.55. The lowest BCUT2D eigenvalue weighted by Crippen LogP contribution is -2.16. The van der Waals surface area contributed by atoms with Crippen LogP contribution in [0.25, 0.3) is 11.1 Å². The molecule has 1 aromatic heterocycles. The van der Waals surface area contributed by atoms with Crippen LogP contribution >= 0.6 is 0 Å². The summed E-state index contributed by atoms with van der Waals surface area (Å²) in [6.45, 7) is 0. The SMILES string of the molecule is COC(=O)c1cccc(-c2cnn(C(F)(F)F)c2)c1. The number of carbonyl (C=O) groups excluding carboxylic acids is 1. The highest BCUT2D eigenvalue weighted by molar-refractivity contribution is 5.90. The first-order valence-electron chi connectivity index (χ1n) is 5.22. The van der Waals surface area contributed by atoms with Crippen LogP contribution in [-0.4, -0.2) is 22.9 Å². The third kappa shape index (κ3) is 2.75. The van der Waals surface area contributed by atoms with Crippen LogP contribution < -0.4 is 0 Å². The van der Waals surface area contributed by atoms with Gasteiger partial charge in [0.05, 0.1) is 18.9 Å². The summed E-state index contributed by atoms with van der Waals surface area (Å²) in [6, 6.07) is 6.11. The molecule has 2 rings (SSSR count). The van der Waals surface area contributed by atoms with E-state index in [2.05, 4.69) is 9.84 Å². The lowest BCUT2D eigenvalue weighted by Gasteiger charge is -2.04. The minimum atomic E-state index is -4.56. The van der Waals surface area contributed by atoms with Crippen LogP contribution in [0.5, 0.6) is 0 Å². The average molecular weight is 270 g/mol. The lowest BCUT2D eigenvalue weighted by molar-refractivity contribution is -0.212. The molecule has 0 atom stereocenters. The van der Waals surface area contributed by atoms with Crippen LogP contribution in [0.1, 0.15) is 10.4 Å². The number of halogens is 3. The Kier molecular flexibility index (Phi) is 3.28. The van der Waals surface area contributed by atoms with E-state index in [0.29, 0.717) is 5.56 Å². The molecule has 0 N–H and O–H groups in total. The predicted octanol–water partition coefficient (Wildman–Crippen LogP) is 2.81. The van der Waals surface area contributed by atoms with E-state index in [9.17, 15) is 18.0 Å². The molecular formula is C12H9F3N2O2. The number of esters is 1. The maximum atomic E-state index is 12.4. The number of aromatic nitrogens is 2. The predicted molar refractivity (Wildman–Crippen MR) is 60.3 cm³/mol. The van der Waals surface area contributed by atoms with Gasteiger partial charge in [0.15, 0.2) is 0 Å². The van der Waals surface area contributed by atoms with E-state index in [1.54, 1.807) is 12.1 Å². The monoisotopic (exact) mass is 270 g/mol. The molecule has 0 saturated heterocycles. The van der Waals surface area contributed by atoms with Crippen LogP contribution in [0.2, 0.25) is 0 Å². The molecule has 19 heavy (non-hydrogen) atoms. The van der Waals surface area contributed by atoms with Gasteiger partial charge in [-0.15, -0.1) is 13.2 Å². The summed E-state index contributed by atoms with van der Waals surface area (Å²) in [5.74, 6) is -0.551. The molecule has 0 saturated carbocycles. The number of methoxy groups -OCH3 is 1. The number of carbonyl (C=O) groups is 1. The van der Waals surface area contributed by atoms with Gasteiger partial charge in [0.1, 0.15) is 0 Å². The van der Waals surface area contributed by atoms with Crippen molar-refractivity contribution < 1.29 is 22.7 Å². The van der Waals surface area contributed by atoms with Gasteiger partial charge in [-0.1, -0.05) is 12.1 Å². The summed E-state index contributed by atoms with van der Waals surface area (Å²) >= 11 is 0. The van der Waals surface area contributed by atoms with Gasteiger partial charge >= 0.3 is 12.3 Å². The molecule has 4 nitrogen and oxygen atoms in total.